The summed E-state index contributed by atoms with van der Waals surface area (Å²) in [5.41, 5.74) is 5.45. The topological polar surface area (TPSA) is 74.7 Å². The van der Waals surface area contributed by atoms with Gasteiger partial charge in [-0.25, -0.2) is 4.98 Å². The predicted octanol–water partition coefficient (Wildman–Crippen LogP) is 6.68. The monoisotopic (exact) mass is 422 g/mol. The molecule has 0 saturated carbocycles. The summed E-state index contributed by atoms with van der Waals surface area (Å²) in [6.07, 6.45) is 3.96. The molecular formula is C24H30N4OS. The fourth-order valence-electron chi connectivity index (χ4n) is 3.66. The van der Waals surface area contributed by atoms with Crippen molar-refractivity contribution < 1.29 is 4.74 Å². The Hall–Kier alpha value is -2.73. The van der Waals surface area contributed by atoms with Crippen LogP contribution in [0.3, 0.4) is 0 Å². The Kier molecular flexibility index (Phi) is 6.87. The van der Waals surface area contributed by atoms with Crippen molar-refractivity contribution in [3.05, 3.63) is 47.6 Å². The predicted molar refractivity (Wildman–Crippen MR) is 127 cm³/mol. The van der Waals surface area contributed by atoms with Gasteiger partial charge in [0.25, 0.3) is 0 Å². The molecule has 0 aliphatic heterocycles. The van der Waals surface area contributed by atoms with E-state index < -0.39 is 0 Å². The van der Waals surface area contributed by atoms with Gasteiger partial charge in [0.2, 0.25) is 0 Å². The molecule has 0 bridgehead atoms. The molecule has 3 heterocycles. The number of H-pyrrole nitrogens is 1. The molecule has 5 nitrogen and oxygen atoms in total. The molecule has 3 aromatic heterocycles. The molecule has 3 rings (SSSR count). The number of aryl methyl sites for hydroxylation is 2. The second kappa shape index (κ2) is 9.39. The standard InChI is InChI=1S/C24H30N4OS/c1-7-17(8-2)18(12-14(3)25)24-27-16(5)22(28-24)23-20(29-6)13-21(30-23)19-11-9-10-15(4)26-19/h9-13,17,25H,7-8H2,1-6H3,(H,27,28)/b18-12-,25-14?. The number of allylic oxidation sites excluding steroid dienone is 2. The summed E-state index contributed by atoms with van der Waals surface area (Å²) in [5, 5.41) is 7.98. The van der Waals surface area contributed by atoms with Gasteiger partial charge < -0.3 is 15.1 Å². The van der Waals surface area contributed by atoms with Crippen LogP contribution in [-0.2, 0) is 0 Å². The fraction of sp³-hybridized carbons (Fsp3) is 0.375. The molecule has 0 amide bonds. The van der Waals surface area contributed by atoms with E-state index in [0.29, 0.717) is 11.6 Å². The van der Waals surface area contributed by atoms with E-state index in [1.165, 1.54) is 0 Å². The van der Waals surface area contributed by atoms with E-state index >= 15 is 0 Å². The lowest BCUT2D eigenvalue weighted by molar-refractivity contribution is 0.418. The normalized spacial score (nSPS) is 11.9. The highest BCUT2D eigenvalue weighted by Gasteiger charge is 2.22. The molecular weight excluding hydrogens is 392 g/mol. The van der Waals surface area contributed by atoms with Gasteiger partial charge in [0.1, 0.15) is 17.3 Å². The van der Waals surface area contributed by atoms with Crippen molar-refractivity contribution in [3.63, 3.8) is 0 Å². The van der Waals surface area contributed by atoms with Crippen LogP contribution in [0.5, 0.6) is 5.75 Å². The number of nitrogens with one attached hydrogen (secondary N) is 2. The summed E-state index contributed by atoms with van der Waals surface area (Å²) in [6.45, 7) is 10.2. The van der Waals surface area contributed by atoms with Crippen molar-refractivity contribution in [1.29, 1.82) is 5.41 Å². The summed E-state index contributed by atoms with van der Waals surface area (Å²) in [5.74, 6) is 2.00. The molecule has 30 heavy (non-hydrogen) atoms. The van der Waals surface area contributed by atoms with Crippen LogP contribution < -0.4 is 4.74 Å². The van der Waals surface area contributed by atoms with E-state index in [0.717, 1.165) is 62.5 Å². The van der Waals surface area contributed by atoms with Crippen LogP contribution in [0.25, 0.3) is 26.7 Å². The maximum absolute atomic E-state index is 7.98. The van der Waals surface area contributed by atoms with Gasteiger partial charge in [0, 0.05) is 23.2 Å². The average Bonchev–Trinajstić information content (AvgIpc) is 3.31. The Labute approximate surface area is 182 Å². The zero-order valence-corrected chi connectivity index (χ0v) is 19.4. The van der Waals surface area contributed by atoms with Crippen LogP contribution in [0.2, 0.25) is 0 Å². The third-order valence-electron chi connectivity index (χ3n) is 5.23. The van der Waals surface area contributed by atoms with Crippen LogP contribution in [0.1, 0.15) is 50.8 Å². The Morgan fingerprint density at radius 1 is 1.23 bits per heavy atom. The third kappa shape index (κ3) is 4.54. The Morgan fingerprint density at radius 2 is 1.97 bits per heavy atom. The van der Waals surface area contributed by atoms with Gasteiger partial charge in [-0.1, -0.05) is 19.9 Å². The lowest BCUT2D eigenvalue weighted by atomic mass is 9.92. The first kappa shape index (κ1) is 22.0. The number of ether oxygens (including phenoxy) is 1. The van der Waals surface area contributed by atoms with Crippen LogP contribution >= 0.6 is 11.3 Å². The second-order valence-electron chi connectivity index (χ2n) is 7.53. The summed E-state index contributed by atoms with van der Waals surface area (Å²) in [7, 11) is 1.69. The van der Waals surface area contributed by atoms with Crippen molar-refractivity contribution in [2.75, 3.05) is 7.11 Å². The van der Waals surface area contributed by atoms with Crippen molar-refractivity contribution >= 4 is 22.6 Å². The zero-order chi connectivity index (χ0) is 21.8. The SMILES string of the molecule is CCC(CC)/C(=C/C(C)=N)c1nc(-c2sc(-c3cccc(C)n3)cc2OC)c(C)[nH]1. The minimum absolute atomic E-state index is 0.362. The number of rotatable bonds is 8. The van der Waals surface area contributed by atoms with Crippen molar-refractivity contribution in [2.24, 2.45) is 5.92 Å². The number of methoxy groups -OCH3 is 1. The summed E-state index contributed by atoms with van der Waals surface area (Å²) < 4.78 is 5.69. The summed E-state index contributed by atoms with van der Waals surface area (Å²) in [4.78, 5) is 15.1. The highest BCUT2D eigenvalue weighted by Crippen LogP contribution is 2.43. The largest absolute Gasteiger partial charge is 0.495 e. The smallest absolute Gasteiger partial charge is 0.139 e. The number of imidazole rings is 1. The fourth-order valence-corrected chi connectivity index (χ4v) is 4.80. The number of thiophene rings is 1. The summed E-state index contributed by atoms with van der Waals surface area (Å²) >= 11 is 1.64. The maximum atomic E-state index is 7.98. The molecule has 6 heteroatoms. The Balaban J connectivity index is 2.09. The van der Waals surface area contributed by atoms with Gasteiger partial charge in [-0.2, -0.15) is 0 Å². The quantitative estimate of drug-likeness (QED) is 0.397. The molecule has 0 unspecified atom stereocenters. The van der Waals surface area contributed by atoms with Crippen LogP contribution in [0, 0.1) is 25.2 Å². The van der Waals surface area contributed by atoms with Gasteiger partial charge >= 0.3 is 0 Å². The number of pyridine rings is 1. The van der Waals surface area contributed by atoms with E-state index in [9.17, 15) is 0 Å². The molecule has 3 aromatic rings. The number of nitrogens with zero attached hydrogens (tertiary/aromatic N) is 2. The van der Waals surface area contributed by atoms with Crippen molar-refractivity contribution in [2.45, 2.75) is 47.5 Å². The Bertz CT molecular complexity index is 1070. The number of aromatic amines is 1. The van der Waals surface area contributed by atoms with E-state index in [4.69, 9.17) is 15.1 Å². The molecule has 0 atom stereocenters. The van der Waals surface area contributed by atoms with E-state index in [1.807, 2.05) is 51.1 Å². The molecule has 0 saturated heterocycles. The van der Waals surface area contributed by atoms with Crippen molar-refractivity contribution in [1.82, 2.24) is 15.0 Å². The third-order valence-corrected chi connectivity index (χ3v) is 6.37. The highest BCUT2D eigenvalue weighted by atomic mass is 32.1. The van der Waals surface area contributed by atoms with E-state index in [2.05, 4.69) is 23.8 Å². The first-order valence-electron chi connectivity index (χ1n) is 10.3. The van der Waals surface area contributed by atoms with Gasteiger partial charge in [0.05, 0.1) is 22.6 Å². The number of hydrogen-bond donors (Lipinski definition) is 2. The average molecular weight is 423 g/mol. The number of hydrogen-bond acceptors (Lipinski definition) is 5. The van der Waals surface area contributed by atoms with E-state index in [-0.39, 0.29) is 0 Å². The van der Waals surface area contributed by atoms with E-state index in [1.54, 1.807) is 18.4 Å². The second-order valence-corrected chi connectivity index (χ2v) is 8.58. The van der Waals surface area contributed by atoms with Crippen molar-refractivity contribution in [3.8, 4) is 26.9 Å². The minimum Gasteiger partial charge on any atom is -0.495 e. The van der Waals surface area contributed by atoms with Gasteiger partial charge in [-0.05, 0) is 63.3 Å². The zero-order valence-electron chi connectivity index (χ0n) is 18.6. The van der Waals surface area contributed by atoms with Gasteiger partial charge in [-0.15, -0.1) is 11.3 Å². The van der Waals surface area contributed by atoms with Crippen LogP contribution in [0.4, 0.5) is 0 Å². The minimum atomic E-state index is 0.362. The molecule has 0 aliphatic carbocycles. The maximum Gasteiger partial charge on any atom is 0.139 e. The van der Waals surface area contributed by atoms with Crippen LogP contribution in [0.15, 0.2) is 30.3 Å². The van der Waals surface area contributed by atoms with Gasteiger partial charge in [-0.3, -0.25) is 4.98 Å². The molecule has 2 N–H and O–H groups in total. The molecule has 158 valence electrons. The molecule has 0 fully saturated rings. The lowest BCUT2D eigenvalue weighted by Crippen LogP contribution is -2.04. The lowest BCUT2D eigenvalue weighted by Gasteiger charge is -2.15. The summed E-state index contributed by atoms with van der Waals surface area (Å²) in [6, 6.07) is 8.07. The molecule has 0 radical (unpaired) electrons. The van der Waals surface area contributed by atoms with Crippen LogP contribution in [-0.4, -0.2) is 27.8 Å². The first-order valence-corrected chi connectivity index (χ1v) is 11.1. The molecule has 0 spiro atoms. The Morgan fingerprint density at radius 3 is 2.57 bits per heavy atom. The highest BCUT2D eigenvalue weighted by molar-refractivity contribution is 7.19. The molecule has 0 aliphatic rings. The first-order chi connectivity index (χ1) is 14.4. The molecule has 0 aromatic carbocycles. The number of aromatic nitrogens is 3. The van der Waals surface area contributed by atoms with Gasteiger partial charge in [0.15, 0.2) is 0 Å².